The average molecular weight is 475 g/mol. The summed E-state index contributed by atoms with van der Waals surface area (Å²) >= 11 is 0. The van der Waals surface area contributed by atoms with Crippen LogP contribution >= 0.6 is 0 Å². The van der Waals surface area contributed by atoms with E-state index < -0.39 is 0 Å². The number of rotatable bonds is 15. The molecule has 0 aliphatic heterocycles. The number of benzene rings is 2. The van der Waals surface area contributed by atoms with Crippen LogP contribution in [-0.2, 0) is 20.7 Å². The van der Waals surface area contributed by atoms with Crippen molar-refractivity contribution >= 4 is 34.8 Å². The summed E-state index contributed by atoms with van der Waals surface area (Å²) in [7, 11) is 0. The molecule has 4 rings (SSSR count). The second-order valence-corrected chi connectivity index (χ2v) is 7.78. The first-order chi connectivity index (χ1) is 17.4. The van der Waals surface area contributed by atoms with Crippen molar-refractivity contribution in [2.45, 2.75) is 6.54 Å². The highest BCUT2D eigenvalue weighted by Gasteiger charge is 2.20. The van der Waals surface area contributed by atoms with Gasteiger partial charge in [0.15, 0.2) is 11.5 Å². The number of nitrogens with zero attached hydrogens (tertiary/aromatic N) is 4. The van der Waals surface area contributed by atoms with Crippen LogP contribution in [0.4, 0.5) is 5.82 Å². The molecule has 2 aromatic carbocycles. The summed E-state index contributed by atoms with van der Waals surface area (Å²) in [5.41, 5.74) is 3.68. The summed E-state index contributed by atoms with van der Waals surface area (Å²) in [6.45, 7) is 3.33. The summed E-state index contributed by atoms with van der Waals surface area (Å²) < 4.78 is 19.0. The Morgan fingerprint density at radius 1 is 0.800 bits per heavy atom. The molecule has 0 radical (unpaired) electrons. The first-order valence-electron chi connectivity index (χ1n) is 11.7. The Morgan fingerprint density at radius 3 is 2.17 bits per heavy atom. The van der Waals surface area contributed by atoms with Gasteiger partial charge in [-0.3, -0.25) is 0 Å². The molecule has 2 heterocycles. The Hall–Kier alpha value is -3.31. The summed E-state index contributed by atoms with van der Waals surface area (Å²) in [4.78, 5) is 13.3. The fraction of sp³-hybridized carbons (Fsp3) is 0.320. The van der Waals surface area contributed by atoms with Crippen LogP contribution in [0.15, 0.2) is 73.3 Å². The molecule has 0 saturated carbocycles. The lowest BCUT2D eigenvalue weighted by atomic mass is 9.55. The second-order valence-electron chi connectivity index (χ2n) is 7.78. The molecular formula is C25H30BN5O4. The SMILES string of the molecule is OCCOCCOCCn1cnc2c(NCCOB(c3ccccc3)c3ccccc3)ncnc21. The lowest BCUT2D eigenvalue weighted by Crippen LogP contribution is -2.45. The van der Waals surface area contributed by atoms with E-state index in [2.05, 4.69) is 44.5 Å². The third-order valence-corrected chi connectivity index (χ3v) is 5.37. The number of aliphatic hydroxyl groups excluding tert-OH is 1. The van der Waals surface area contributed by atoms with Crippen LogP contribution < -0.4 is 16.2 Å². The number of hydrogen-bond acceptors (Lipinski definition) is 8. The molecule has 0 aliphatic rings. The van der Waals surface area contributed by atoms with Gasteiger partial charge in [-0.2, -0.15) is 0 Å². The molecule has 0 amide bonds. The van der Waals surface area contributed by atoms with Gasteiger partial charge in [0.2, 0.25) is 0 Å². The molecule has 182 valence electrons. The lowest BCUT2D eigenvalue weighted by Gasteiger charge is -2.16. The Kier molecular flexibility index (Phi) is 9.60. The quantitative estimate of drug-likeness (QED) is 0.195. The molecular weight excluding hydrogens is 445 g/mol. The van der Waals surface area contributed by atoms with Gasteiger partial charge in [-0.05, 0) is 10.9 Å². The highest BCUT2D eigenvalue weighted by Crippen LogP contribution is 2.17. The third-order valence-electron chi connectivity index (χ3n) is 5.37. The number of imidazole rings is 1. The van der Waals surface area contributed by atoms with E-state index in [0.717, 1.165) is 16.6 Å². The van der Waals surface area contributed by atoms with E-state index in [9.17, 15) is 0 Å². The minimum absolute atomic E-state index is 0.0177. The Bertz CT molecular complexity index is 1110. The van der Waals surface area contributed by atoms with E-state index in [1.54, 1.807) is 6.33 Å². The van der Waals surface area contributed by atoms with Crippen LogP contribution in [-0.4, -0.2) is 77.7 Å². The molecule has 0 aliphatic carbocycles. The van der Waals surface area contributed by atoms with E-state index in [1.165, 1.54) is 6.33 Å². The first-order valence-corrected chi connectivity index (χ1v) is 11.7. The van der Waals surface area contributed by atoms with Crippen molar-refractivity contribution < 1.29 is 19.2 Å². The molecule has 10 heteroatoms. The van der Waals surface area contributed by atoms with Crippen molar-refractivity contribution in [1.82, 2.24) is 19.5 Å². The maximum atomic E-state index is 8.70. The van der Waals surface area contributed by atoms with Gasteiger partial charge < -0.3 is 29.1 Å². The molecule has 0 unspecified atom stereocenters. The summed E-state index contributed by atoms with van der Waals surface area (Å²) in [5, 5.41) is 12.0. The third kappa shape index (κ3) is 7.09. The standard InChI is InChI=1S/C25H30BN5O4/c32-13-16-34-18-17-33-15-12-31-20-30-23-24(28-19-29-25(23)31)27-11-14-35-26(21-7-3-1-4-8-21)22-9-5-2-6-10-22/h1-10,19-20,32H,11-18H2,(H,27,28,29). The van der Waals surface area contributed by atoms with Crippen LogP contribution in [0.25, 0.3) is 11.2 Å². The van der Waals surface area contributed by atoms with Crippen molar-refractivity contribution in [2.24, 2.45) is 0 Å². The largest absolute Gasteiger partial charge is 0.425 e. The van der Waals surface area contributed by atoms with Gasteiger partial charge in [-0.15, -0.1) is 0 Å². The topological polar surface area (TPSA) is 104 Å². The fourth-order valence-corrected chi connectivity index (χ4v) is 3.71. The normalized spacial score (nSPS) is 11.1. The van der Waals surface area contributed by atoms with E-state index in [-0.39, 0.29) is 13.5 Å². The number of hydrogen-bond donors (Lipinski definition) is 2. The summed E-state index contributed by atoms with van der Waals surface area (Å²) in [6, 6.07) is 20.4. The van der Waals surface area contributed by atoms with E-state index >= 15 is 0 Å². The molecule has 2 N–H and O–H groups in total. The van der Waals surface area contributed by atoms with Crippen molar-refractivity contribution in [3.63, 3.8) is 0 Å². The molecule has 0 bridgehead atoms. The Balaban J connectivity index is 1.30. The molecule has 0 saturated heterocycles. The zero-order valence-corrected chi connectivity index (χ0v) is 19.6. The molecule has 0 atom stereocenters. The van der Waals surface area contributed by atoms with Crippen LogP contribution in [0.5, 0.6) is 0 Å². The minimum atomic E-state index is -0.141. The molecule has 0 fully saturated rings. The summed E-state index contributed by atoms with van der Waals surface area (Å²) in [6.07, 6.45) is 3.28. The predicted octanol–water partition coefficient (Wildman–Crippen LogP) is 1.09. The average Bonchev–Trinajstić information content (AvgIpc) is 3.33. The number of aliphatic hydroxyl groups is 1. The van der Waals surface area contributed by atoms with Gasteiger partial charge in [0.05, 0.1) is 39.4 Å². The van der Waals surface area contributed by atoms with Crippen molar-refractivity contribution in [1.29, 1.82) is 0 Å². The maximum Gasteiger partial charge on any atom is 0.361 e. The zero-order chi connectivity index (χ0) is 24.1. The number of fused-ring (bicyclic) bond motifs is 1. The van der Waals surface area contributed by atoms with E-state index in [0.29, 0.717) is 57.5 Å². The smallest absolute Gasteiger partial charge is 0.361 e. The van der Waals surface area contributed by atoms with Gasteiger partial charge in [0.1, 0.15) is 11.8 Å². The van der Waals surface area contributed by atoms with Gasteiger partial charge in [-0.1, -0.05) is 60.7 Å². The van der Waals surface area contributed by atoms with Crippen molar-refractivity contribution in [3.05, 3.63) is 73.3 Å². The number of nitrogens with one attached hydrogen (secondary N) is 1. The van der Waals surface area contributed by atoms with Crippen LogP contribution in [0, 0.1) is 0 Å². The number of aromatic nitrogens is 4. The fourth-order valence-electron chi connectivity index (χ4n) is 3.71. The lowest BCUT2D eigenvalue weighted by molar-refractivity contribution is 0.0311. The van der Waals surface area contributed by atoms with Crippen LogP contribution in [0.2, 0.25) is 0 Å². The van der Waals surface area contributed by atoms with Crippen molar-refractivity contribution in [3.8, 4) is 0 Å². The zero-order valence-electron chi connectivity index (χ0n) is 19.6. The van der Waals surface area contributed by atoms with Gasteiger partial charge in [0.25, 0.3) is 0 Å². The number of ether oxygens (including phenoxy) is 2. The monoisotopic (exact) mass is 475 g/mol. The van der Waals surface area contributed by atoms with Crippen molar-refractivity contribution in [2.75, 3.05) is 51.5 Å². The van der Waals surface area contributed by atoms with Gasteiger partial charge in [-0.25, -0.2) is 15.0 Å². The molecule has 35 heavy (non-hydrogen) atoms. The predicted molar refractivity (Wildman–Crippen MR) is 136 cm³/mol. The van der Waals surface area contributed by atoms with Crippen LogP contribution in [0.3, 0.4) is 0 Å². The minimum Gasteiger partial charge on any atom is -0.425 e. The Morgan fingerprint density at radius 2 is 1.49 bits per heavy atom. The molecule has 2 aromatic heterocycles. The Labute approximate surface area is 205 Å². The first kappa shape index (κ1) is 24.8. The molecule has 9 nitrogen and oxygen atoms in total. The van der Waals surface area contributed by atoms with E-state index in [4.69, 9.17) is 19.2 Å². The second kappa shape index (κ2) is 13.5. The molecule has 0 spiro atoms. The highest BCUT2D eigenvalue weighted by molar-refractivity contribution is 6.80. The van der Waals surface area contributed by atoms with E-state index in [1.807, 2.05) is 41.0 Å². The van der Waals surface area contributed by atoms with Gasteiger partial charge in [0, 0.05) is 19.7 Å². The number of anilines is 1. The highest BCUT2D eigenvalue weighted by atomic mass is 16.5. The molecule has 4 aromatic rings. The van der Waals surface area contributed by atoms with Gasteiger partial charge >= 0.3 is 6.92 Å². The summed E-state index contributed by atoms with van der Waals surface area (Å²) in [5.74, 6) is 0.673. The maximum absolute atomic E-state index is 8.70. The van der Waals surface area contributed by atoms with Crippen LogP contribution in [0.1, 0.15) is 0 Å².